The third-order valence-electron chi connectivity index (χ3n) is 3.36. The molecular formula is C15H14BrNO2S2. The molecule has 1 heterocycles. The molecule has 1 aliphatic heterocycles. The van der Waals surface area contributed by atoms with E-state index in [1.807, 2.05) is 30.3 Å². The predicted octanol–water partition coefficient (Wildman–Crippen LogP) is 3.96. The Morgan fingerprint density at radius 2 is 1.95 bits per heavy atom. The molecule has 1 atom stereocenters. The van der Waals surface area contributed by atoms with Gasteiger partial charge in [-0.15, -0.1) is 11.8 Å². The lowest BCUT2D eigenvalue weighted by atomic mass is 10.1. The summed E-state index contributed by atoms with van der Waals surface area (Å²) in [5.41, 5.74) is 1.06. The van der Waals surface area contributed by atoms with E-state index in [2.05, 4.69) is 20.7 Å². The van der Waals surface area contributed by atoms with E-state index in [1.54, 1.807) is 30.0 Å². The molecule has 1 aliphatic rings. The number of halogens is 1. The van der Waals surface area contributed by atoms with Crippen molar-refractivity contribution in [1.82, 2.24) is 4.72 Å². The van der Waals surface area contributed by atoms with Gasteiger partial charge in [0.25, 0.3) is 0 Å². The van der Waals surface area contributed by atoms with Crippen molar-refractivity contribution in [3.8, 4) is 0 Å². The Balaban J connectivity index is 1.90. The molecule has 0 spiro atoms. The molecule has 0 radical (unpaired) electrons. The van der Waals surface area contributed by atoms with Gasteiger partial charge in [-0.25, -0.2) is 13.1 Å². The third kappa shape index (κ3) is 3.34. The summed E-state index contributed by atoms with van der Waals surface area (Å²) in [4.78, 5) is 1.44. The molecule has 3 rings (SSSR count). The van der Waals surface area contributed by atoms with Gasteiger partial charge in [0.1, 0.15) is 0 Å². The van der Waals surface area contributed by atoms with Gasteiger partial charge >= 0.3 is 0 Å². The molecule has 2 aromatic carbocycles. The minimum atomic E-state index is -3.51. The first kappa shape index (κ1) is 15.1. The monoisotopic (exact) mass is 383 g/mol. The molecule has 0 amide bonds. The summed E-state index contributed by atoms with van der Waals surface area (Å²) >= 11 is 5.08. The first-order valence-electron chi connectivity index (χ1n) is 6.56. The number of rotatable bonds is 3. The van der Waals surface area contributed by atoms with Crippen LogP contribution in [0.15, 0.2) is 62.8 Å². The molecular weight excluding hydrogens is 370 g/mol. The van der Waals surface area contributed by atoms with Crippen molar-refractivity contribution in [2.24, 2.45) is 0 Å². The van der Waals surface area contributed by atoms with Crippen LogP contribution in [0.1, 0.15) is 18.0 Å². The van der Waals surface area contributed by atoms with Crippen LogP contribution in [0.2, 0.25) is 0 Å². The minimum Gasteiger partial charge on any atom is -0.207 e. The van der Waals surface area contributed by atoms with Crippen molar-refractivity contribution < 1.29 is 8.42 Å². The maximum Gasteiger partial charge on any atom is 0.241 e. The maximum atomic E-state index is 12.5. The Morgan fingerprint density at radius 1 is 1.14 bits per heavy atom. The summed E-state index contributed by atoms with van der Waals surface area (Å²) < 4.78 is 28.6. The van der Waals surface area contributed by atoms with Gasteiger partial charge in [0.15, 0.2) is 0 Å². The van der Waals surface area contributed by atoms with Gasteiger partial charge in [-0.2, -0.15) is 0 Å². The first-order chi connectivity index (χ1) is 10.1. The molecule has 110 valence electrons. The van der Waals surface area contributed by atoms with Crippen LogP contribution in [0.25, 0.3) is 0 Å². The minimum absolute atomic E-state index is 0.161. The van der Waals surface area contributed by atoms with Crippen LogP contribution in [0.4, 0.5) is 0 Å². The number of fused-ring (bicyclic) bond motifs is 1. The second-order valence-electron chi connectivity index (χ2n) is 4.81. The molecule has 3 nitrogen and oxygen atoms in total. The van der Waals surface area contributed by atoms with Crippen molar-refractivity contribution in [1.29, 1.82) is 0 Å². The van der Waals surface area contributed by atoms with Gasteiger partial charge in [0.05, 0.1) is 4.90 Å². The normalized spacial score (nSPS) is 18.2. The van der Waals surface area contributed by atoms with E-state index in [0.29, 0.717) is 0 Å². The second kappa shape index (κ2) is 6.12. The van der Waals surface area contributed by atoms with Gasteiger partial charge in [0, 0.05) is 15.4 Å². The van der Waals surface area contributed by atoms with E-state index >= 15 is 0 Å². The van der Waals surface area contributed by atoms with Gasteiger partial charge in [-0.05, 0) is 42.0 Å². The van der Waals surface area contributed by atoms with E-state index < -0.39 is 10.0 Å². The smallest absolute Gasteiger partial charge is 0.207 e. The van der Waals surface area contributed by atoms with E-state index in [4.69, 9.17) is 0 Å². The molecule has 2 aromatic rings. The molecule has 1 N–H and O–H groups in total. The molecule has 0 bridgehead atoms. The highest BCUT2D eigenvalue weighted by atomic mass is 79.9. The predicted molar refractivity (Wildman–Crippen MR) is 89.0 cm³/mol. The first-order valence-corrected chi connectivity index (χ1v) is 9.82. The Kier molecular flexibility index (Phi) is 4.40. The average molecular weight is 384 g/mol. The quantitative estimate of drug-likeness (QED) is 0.871. The van der Waals surface area contributed by atoms with Crippen LogP contribution in [0.5, 0.6) is 0 Å². The highest BCUT2D eigenvalue weighted by Gasteiger charge is 2.25. The third-order valence-corrected chi connectivity index (χ3v) is 6.45. The summed E-state index contributed by atoms with van der Waals surface area (Å²) in [7, 11) is -3.51. The molecule has 0 aliphatic carbocycles. The zero-order valence-electron chi connectivity index (χ0n) is 11.1. The van der Waals surface area contributed by atoms with E-state index in [-0.39, 0.29) is 10.9 Å². The number of nitrogens with one attached hydrogen (secondary N) is 1. The summed E-state index contributed by atoms with van der Waals surface area (Å²) in [5.74, 6) is 0.919. The van der Waals surface area contributed by atoms with Crippen molar-refractivity contribution >= 4 is 37.7 Å². The highest BCUT2D eigenvalue weighted by Crippen LogP contribution is 2.36. The largest absolute Gasteiger partial charge is 0.241 e. The second-order valence-corrected chi connectivity index (χ2v) is 8.57. The number of hydrogen-bond acceptors (Lipinski definition) is 3. The lowest BCUT2D eigenvalue weighted by Crippen LogP contribution is -2.30. The van der Waals surface area contributed by atoms with Crippen molar-refractivity contribution in [3.63, 3.8) is 0 Å². The number of hydrogen-bond donors (Lipinski definition) is 1. The Labute approximate surface area is 137 Å². The summed E-state index contributed by atoms with van der Waals surface area (Å²) in [6.07, 6.45) is 0.801. The maximum absolute atomic E-state index is 12.5. The SMILES string of the molecule is O=S(=O)(NC1CCSc2ccccc21)c1cccc(Br)c1. The van der Waals surface area contributed by atoms with Crippen LogP contribution in [-0.4, -0.2) is 14.2 Å². The highest BCUT2D eigenvalue weighted by molar-refractivity contribution is 9.10. The van der Waals surface area contributed by atoms with Crippen LogP contribution in [0.3, 0.4) is 0 Å². The standard InChI is InChI=1S/C15H14BrNO2S2/c16-11-4-3-5-12(10-11)21(18,19)17-14-8-9-20-15-7-2-1-6-13(14)15/h1-7,10,14,17H,8-9H2. The van der Waals surface area contributed by atoms with Gasteiger partial charge in [-0.1, -0.05) is 40.2 Å². The molecule has 6 heteroatoms. The number of sulfonamides is 1. The van der Waals surface area contributed by atoms with Crippen LogP contribution >= 0.6 is 27.7 Å². The molecule has 21 heavy (non-hydrogen) atoms. The van der Waals surface area contributed by atoms with E-state index in [1.165, 1.54) is 0 Å². The molecule has 1 unspecified atom stereocenters. The zero-order valence-corrected chi connectivity index (χ0v) is 14.3. The summed E-state index contributed by atoms with van der Waals surface area (Å²) in [6.45, 7) is 0. The van der Waals surface area contributed by atoms with Gasteiger partial charge in [-0.3, -0.25) is 0 Å². The number of thioether (sulfide) groups is 1. The van der Waals surface area contributed by atoms with Gasteiger partial charge in [0.2, 0.25) is 10.0 Å². The Bertz CT molecular complexity index is 762. The fourth-order valence-corrected chi connectivity index (χ4v) is 5.33. The number of benzene rings is 2. The lowest BCUT2D eigenvalue weighted by Gasteiger charge is -2.25. The molecule has 0 fully saturated rings. The van der Waals surface area contributed by atoms with Crippen molar-refractivity contribution in [2.45, 2.75) is 22.3 Å². The van der Waals surface area contributed by atoms with E-state index in [9.17, 15) is 8.42 Å². The lowest BCUT2D eigenvalue weighted by molar-refractivity contribution is 0.546. The van der Waals surface area contributed by atoms with Crippen LogP contribution in [-0.2, 0) is 10.0 Å². The Morgan fingerprint density at radius 3 is 2.76 bits per heavy atom. The van der Waals surface area contributed by atoms with Gasteiger partial charge < -0.3 is 0 Å². The average Bonchev–Trinajstić information content (AvgIpc) is 2.47. The molecule has 0 saturated heterocycles. The van der Waals surface area contributed by atoms with Crippen molar-refractivity contribution in [3.05, 3.63) is 58.6 Å². The molecule has 0 saturated carbocycles. The fraction of sp³-hybridized carbons (Fsp3) is 0.200. The van der Waals surface area contributed by atoms with Crippen LogP contribution < -0.4 is 4.72 Å². The van der Waals surface area contributed by atoms with Crippen molar-refractivity contribution in [2.75, 3.05) is 5.75 Å². The summed E-state index contributed by atoms with van der Waals surface area (Å²) in [6, 6.07) is 14.6. The van der Waals surface area contributed by atoms with E-state index in [0.717, 1.165) is 27.1 Å². The summed E-state index contributed by atoms with van der Waals surface area (Å²) in [5, 5.41) is 0. The van der Waals surface area contributed by atoms with Crippen LogP contribution in [0, 0.1) is 0 Å². The molecule has 0 aromatic heterocycles. The Hall–Kier alpha value is -0.820. The topological polar surface area (TPSA) is 46.2 Å². The zero-order chi connectivity index (χ0) is 14.9. The fourth-order valence-electron chi connectivity index (χ4n) is 2.35.